The Morgan fingerprint density at radius 2 is 2.29 bits per heavy atom. The van der Waals surface area contributed by atoms with Crippen molar-refractivity contribution in [3.8, 4) is 0 Å². The number of halogens is 1. The quantitative estimate of drug-likeness (QED) is 0.783. The SMILES string of the molecule is CC(CN)c1ccc2c(Cl)c[nH]c2c1. The molecule has 0 fully saturated rings. The van der Waals surface area contributed by atoms with Crippen molar-refractivity contribution in [2.45, 2.75) is 12.8 Å². The van der Waals surface area contributed by atoms with Gasteiger partial charge in [0.2, 0.25) is 0 Å². The lowest BCUT2D eigenvalue weighted by atomic mass is 10.0. The monoisotopic (exact) mass is 208 g/mol. The van der Waals surface area contributed by atoms with E-state index in [0.29, 0.717) is 12.5 Å². The van der Waals surface area contributed by atoms with Gasteiger partial charge in [-0.25, -0.2) is 0 Å². The standard InChI is InChI=1S/C11H13ClN2/c1-7(5-13)8-2-3-9-10(12)6-14-11(9)4-8/h2-4,6-7,14H,5,13H2,1H3. The molecule has 1 atom stereocenters. The van der Waals surface area contributed by atoms with Gasteiger partial charge in [-0.2, -0.15) is 0 Å². The fraction of sp³-hybridized carbons (Fsp3) is 0.273. The Hall–Kier alpha value is -0.990. The summed E-state index contributed by atoms with van der Waals surface area (Å²) in [4.78, 5) is 3.13. The summed E-state index contributed by atoms with van der Waals surface area (Å²) < 4.78 is 0. The number of benzene rings is 1. The van der Waals surface area contributed by atoms with E-state index >= 15 is 0 Å². The van der Waals surface area contributed by atoms with Crippen molar-refractivity contribution in [2.75, 3.05) is 6.54 Å². The van der Waals surface area contributed by atoms with E-state index in [9.17, 15) is 0 Å². The number of H-pyrrole nitrogens is 1. The number of nitrogens with one attached hydrogen (secondary N) is 1. The minimum absolute atomic E-state index is 0.390. The Bertz CT molecular complexity index is 447. The maximum atomic E-state index is 5.98. The first-order valence-electron chi connectivity index (χ1n) is 4.69. The Labute approximate surface area is 88.1 Å². The third-order valence-corrected chi connectivity index (χ3v) is 2.89. The smallest absolute Gasteiger partial charge is 0.0659 e. The highest BCUT2D eigenvalue weighted by atomic mass is 35.5. The first kappa shape index (κ1) is 9.56. The number of rotatable bonds is 2. The van der Waals surface area contributed by atoms with Gasteiger partial charge >= 0.3 is 0 Å². The second-order valence-corrected chi connectivity index (χ2v) is 3.99. The molecule has 3 heteroatoms. The molecule has 0 aliphatic carbocycles. The lowest BCUT2D eigenvalue weighted by Gasteiger charge is -2.08. The molecular formula is C11H13ClN2. The van der Waals surface area contributed by atoms with Crippen LogP contribution < -0.4 is 5.73 Å². The molecule has 0 saturated heterocycles. The van der Waals surface area contributed by atoms with Gasteiger partial charge in [-0.1, -0.05) is 30.7 Å². The lowest BCUT2D eigenvalue weighted by Crippen LogP contribution is -2.08. The molecule has 0 amide bonds. The third-order valence-electron chi connectivity index (χ3n) is 2.58. The van der Waals surface area contributed by atoms with E-state index in [1.807, 2.05) is 12.3 Å². The van der Waals surface area contributed by atoms with Crippen LogP contribution in [0.5, 0.6) is 0 Å². The molecule has 14 heavy (non-hydrogen) atoms. The van der Waals surface area contributed by atoms with Crippen molar-refractivity contribution >= 4 is 22.5 Å². The summed E-state index contributed by atoms with van der Waals surface area (Å²) in [5.41, 5.74) is 7.94. The van der Waals surface area contributed by atoms with Crippen LogP contribution in [0.3, 0.4) is 0 Å². The molecule has 3 N–H and O–H groups in total. The van der Waals surface area contributed by atoms with Crippen LogP contribution in [-0.2, 0) is 0 Å². The fourth-order valence-corrected chi connectivity index (χ4v) is 1.77. The molecule has 0 bridgehead atoms. The largest absolute Gasteiger partial charge is 0.360 e. The average Bonchev–Trinajstić information content (AvgIpc) is 2.59. The van der Waals surface area contributed by atoms with Crippen molar-refractivity contribution in [3.63, 3.8) is 0 Å². The van der Waals surface area contributed by atoms with Gasteiger partial charge in [0.25, 0.3) is 0 Å². The molecule has 0 spiro atoms. The molecule has 0 radical (unpaired) electrons. The summed E-state index contributed by atoms with van der Waals surface area (Å²) >= 11 is 5.98. The summed E-state index contributed by atoms with van der Waals surface area (Å²) in [6, 6.07) is 6.23. The highest BCUT2D eigenvalue weighted by molar-refractivity contribution is 6.35. The molecule has 1 unspecified atom stereocenters. The molecular weight excluding hydrogens is 196 g/mol. The van der Waals surface area contributed by atoms with E-state index < -0.39 is 0 Å². The number of hydrogen-bond donors (Lipinski definition) is 2. The minimum atomic E-state index is 0.390. The predicted molar refractivity (Wildman–Crippen MR) is 60.8 cm³/mol. The van der Waals surface area contributed by atoms with Crippen molar-refractivity contribution in [3.05, 3.63) is 35.0 Å². The zero-order valence-corrected chi connectivity index (χ0v) is 8.81. The fourth-order valence-electron chi connectivity index (χ4n) is 1.55. The van der Waals surface area contributed by atoms with Crippen LogP contribution in [0.1, 0.15) is 18.4 Å². The van der Waals surface area contributed by atoms with Gasteiger partial charge in [-0.3, -0.25) is 0 Å². The summed E-state index contributed by atoms with van der Waals surface area (Å²) in [5, 5.41) is 1.84. The van der Waals surface area contributed by atoms with E-state index in [1.165, 1.54) is 5.56 Å². The van der Waals surface area contributed by atoms with Gasteiger partial charge in [0.05, 0.1) is 5.02 Å². The molecule has 1 aromatic heterocycles. The summed E-state index contributed by atoms with van der Waals surface area (Å²) in [7, 11) is 0. The van der Waals surface area contributed by atoms with E-state index in [-0.39, 0.29) is 0 Å². The number of nitrogens with two attached hydrogens (primary N) is 1. The van der Waals surface area contributed by atoms with Gasteiger partial charge in [0, 0.05) is 17.1 Å². The summed E-state index contributed by atoms with van der Waals surface area (Å²) in [6.07, 6.45) is 1.81. The van der Waals surface area contributed by atoms with Crippen LogP contribution >= 0.6 is 11.6 Å². The number of aromatic nitrogens is 1. The van der Waals surface area contributed by atoms with E-state index in [4.69, 9.17) is 17.3 Å². The second-order valence-electron chi connectivity index (χ2n) is 3.58. The predicted octanol–water partition coefficient (Wildman–Crippen LogP) is 2.88. The zero-order valence-electron chi connectivity index (χ0n) is 8.05. The van der Waals surface area contributed by atoms with Crippen LogP contribution in [0.15, 0.2) is 24.4 Å². The number of aromatic amines is 1. The Balaban J connectivity index is 2.52. The molecule has 2 rings (SSSR count). The first-order valence-corrected chi connectivity index (χ1v) is 5.06. The average molecular weight is 209 g/mol. The van der Waals surface area contributed by atoms with Crippen molar-refractivity contribution in [1.29, 1.82) is 0 Å². The van der Waals surface area contributed by atoms with Gasteiger partial charge in [-0.05, 0) is 24.1 Å². The number of fused-ring (bicyclic) bond motifs is 1. The van der Waals surface area contributed by atoms with Crippen molar-refractivity contribution in [1.82, 2.24) is 4.98 Å². The highest BCUT2D eigenvalue weighted by Gasteiger charge is 2.06. The first-order chi connectivity index (χ1) is 6.72. The van der Waals surface area contributed by atoms with Crippen LogP contribution in [0.4, 0.5) is 0 Å². The Morgan fingerprint density at radius 3 is 3.00 bits per heavy atom. The highest BCUT2D eigenvalue weighted by Crippen LogP contribution is 2.25. The third kappa shape index (κ3) is 1.51. The van der Waals surface area contributed by atoms with Gasteiger partial charge in [0.15, 0.2) is 0 Å². The van der Waals surface area contributed by atoms with Crippen molar-refractivity contribution < 1.29 is 0 Å². The summed E-state index contributed by atoms with van der Waals surface area (Å²) in [5.74, 6) is 0.390. The molecule has 2 aromatic rings. The summed E-state index contributed by atoms with van der Waals surface area (Å²) in [6.45, 7) is 2.78. The van der Waals surface area contributed by atoms with Crippen LogP contribution in [0.25, 0.3) is 10.9 Å². The minimum Gasteiger partial charge on any atom is -0.360 e. The maximum absolute atomic E-state index is 5.98. The molecule has 2 nitrogen and oxygen atoms in total. The topological polar surface area (TPSA) is 41.8 Å². The van der Waals surface area contributed by atoms with Crippen LogP contribution in [-0.4, -0.2) is 11.5 Å². The molecule has 1 aromatic carbocycles. The molecule has 1 heterocycles. The van der Waals surface area contributed by atoms with Gasteiger partial charge < -0.3 is 10.7 Å². The van der Waals surface area contributed by atoms with Gasteiger partial charge in [0.1, 0.15) is 0 Å². The van der Waals surface area contributed by atoms with Crippen molar-refractivity contribution in [2.24, 2.45) is 5.73 Å². The van der Waals surface area contributed by atoms with E-state index in [1.54, 1.807) is 0 Å². The van der Waals surface area contributed by atoms with E-state index in [2.05, 4.69) is 24.0 Å². The van der Waals surface area contributed by atoms with Crippen LogP contribution in [0.2, 0.25) is 5.02 Å². The van der Waals surface area contributed by atoms with Gasteiger partial charge in [-0.15, -0.1) is 0 Å². The lowest BCUT2D eigenvalue weighted by molar-refractivity contribution is 0.775. The Kier molecular flexibility index (Phi) is 2.48. The molecule has 0 aliphatic rings. The Morgan fingerprint density at radius 1 is 1.50 bits per heavy atom. The van der Waals surface area contributed by atoms with Crippen LogP contribution in [0, 0.1) is 0 Å². The molecule has 0 aliphatic heterocycles. The maximum Gasteiger partial charge on any atom is 0.0659 e. The zero-order chi connectivity index (χ0) is 10.1. The number of hydrogen-bond acceptors (Lipinski definition) is 1. The van der Waals surface area contributed by atoms with E-state index in [0.717, 1.165) is 15.9 Å². The molecule has 74 valence electrons. The second kappa shape index (κ2) is 3.64. The molecule has 0 saturated carbocycles. The normalized spacial score (nSPS) is 13.4.